The Morgan fingerprint density at radius 1 is 0.721 bits per heavy atom. The average Bonchev–Trinajstić information content (AvgIpc) is 3.41. The molecule has 2 aliphatic heterocycles. The van der Waals surface area contributed by atoms with E-state index >= 15 is 0 Å². The maximum Gasteiger partial charge on any atom is 0.238 e. The van der Waals surface area contributed by atoms with Crippen LogP contribution in [0.1, 0.15) is 24.3 Å². The maximum atomic E-state index is 14.2. The molecule has 1 saturated carbocycles. The van der Waals surface area contributed by atoms with E-state index in [9.17, 15) is 24.3 Å². The molecule has 3 aromatic carbocycles. The van der Waals surface area contributed by atoms with Crippen LogP contribution in [0.3, 0.4) is 0 Å². The standard InChI is InChI=1S/C33H26Cl2N2O6/c1-43-25-4-2-3-24(38)29(25)27-20-13-14-21-26(32(41)36(30(21)39)18-9-5-16(34)6-10-18)22(20)15-23-28(27)33(42)37(31(23)40)19-11-7-17(35)8-12-19/h2-13,21-23,26-28,38H,14-15H2,1H3. The maximum absolute atomic E-state index is 14.2. The van der Waals surface area contributed by atoms with Crippen molar-refractivity contribution in [3.05, 3.63) is 94.0 Å². The number of benzene rings is 3. The number of phenols is 1. The molecule has 10 heteroatoms. The van der Waals surface area contributed by atoms with E-state index in [1.165, 1.54) is 23.0 Å². The van der Waals surface area contributed by atoms with Gasteiger partial charge in [0.2, 0.25) is 23.6 Å². The molecule has 0 spiro atoms. The topological polar surface area (TPSA) is 104 Å². The number of phenolic OH excluding ortho intramolecular Hbond substituents is 1. The van der Waals surface area contributed by atoms with E-state index in [4.69, 9.17) is 27.9 Å². The van der Waals surface area contributed by atoms with Gasteiger partial charge in [-0.3, -0.25) is 29.0 Å². The number of nitrogens with zero attached hydrogens (tertiary/aromatic N) is 2. The molecule has 0 bridgehead atoms. The highest BCUT2D eigenvalue weighted by atomic mass is 35.5. The molecule has 3 fully saturated rings. The minimum absolute atomic E-state index is 0.0754. The van der Waals surface area contributed by atoms with Gasteiger partial charge in [-0.2, -0.15) is 0 Å². The normalized spacial score (nSPS) is 28.0. The highest BCUT2D eigenvalue weighted by Gasteiger charge is 2.62. The Balaban J connectivity index is 1.36. The number of carbonyl (C=O) groups is 4. The Kier molecular flexibility index (Phi) is 6.59. The van der Waals surface area contributed by atoms with Crippen molar-refractivity contribution in [3.8, 4) is 11.5 Å². The van der Waals surface area contributed by atoms with Gasteiger partial charge >= 0.3 is 0 Å². The van der Waals surface area contributed by atoms with E-state index in [1.54, 1.807) is 60.7 Å². The van der Waals surface area contributed by atoms with Gasteiger partial charge in [0, 0.05) is 21.5 Å². The predicted molar refractivity (Wildman–Crippen MR) is 160 cm³/mol. The van der Waals surface area contributed by atoms with Crippen molar-refractivity contribution < 1.29 is 29.0 Å². The van der Waals surface area contributed by atoms with Gasteiger partial charge in [0.15, 0.2) is 0 Å². The number of methoxy groups -OCH3 is 1. The number of ether oxygens (including phenoxy) is 1. The monoisotopic (exact) mass is 616 g/mol. The summed E-state index contributed by atoms with van der Waals surface area (Å²) in [5, 5.41) is 12.1. The van der Waals surface area contributed by atoms with Crippen LogP contribution >= 0.6 is 23.2 Å². The molecule has 218 valence electrons. The minimum Gasteiger partial charge on any atom is -0.508 e. The Labute approximate surface area is 257 Å². The molecule has 4 amide bonds. The molecule has 0 radical (unpaired) electrons. The van der Waals surface area contributed by atoms with Crippen molar-refractivity contribution in [2.45, 2.75) is 18.8 Å². The second kappa shape index (κ2) is 10.2. The SMILES string of the molecule is COc1cccc(O)c1C1C2=CCC3C(=O)N(c4ccc(Cl)cc4)C(=O)C3C2CC2C(=O)N(c3ccc(Cl)cc3)C(=O)C21. The first-order valence-corrected chi connectivity index (χ1v) is 14.8. The zero-order chi connectivity index (χ0) is 30.2. The summed E-state index contributed by atoms with van der Waals surface area (Å²) in [6, 6.07) is 17.9. The third-order valence-electron chi connectivity index (χ3n) is 9.39. The largest absolute Gasteiger partial charge is 0.508 e. The number of fused-ring (bicyclic) bond motifs is 4. The lowest BCUT2D eigenvalue weighted by Gasteiger charge is -2.44. The molecule has 2 heterocycles. The molecule has 4 aliphatic rings. The Morgan fingerprint density at radius 2 is 1.28 bits per heavy atom. The molecule has 1 N–H and O–H groups in total. The number of halogens is 2. The van der Waals surface area contributed by atoms with Crippen LogP contribution in [0.2, 0.25) is 10.0 Å². The predicted octanol–water partition coefficient (Wildman–Crippen LogP) is 5.75. The molecule has 2 aliphatic carbocycles. The summed E-state index contributed by atoms with van der Waals surface area (Å²) in [7, 11) is 1.48. The number of hydrogen-bond acceptors (Lipinski definition) is 6. The van der Waals surface area contributed by atoms with Crippen molar-refractivity contribution in [2.75, 3.05) is 16.9 Å². The van der Waals surface area contributed by atoms with Crippen LogP contribution < -0.4 is 14.5 Å². The van der Waals surface area contributed by atoms with E-state index in [0.717, 1.165) is 5.57 Å². The summed E-state index contributed by atoms with van der Waals surface area (Å²) in [5.74, 6) is -5.36. The van der Waals surface area contributed by atoms with Crippen molar-refractivity contribution in [3.63, 3.8) is 0 Å². The first-order chi connectivity index (χ1) is 20.7. The Hall–Kier alpha value is -4.14. The summed E-state index contributed by atoms with van der Waals surface area (Å²) in [6.45, 7) is 0. The highest BCUT2D eigenvalue weighted by Crippen LogP contribution is 2.60. The third-order valence-corrected chi connectivity index (χ3v) is 9.90. The summed E-state index contributed by atoms with van der Waals surface area (Å²) in [5.41, 5.74) is 1.98. The van der Waals surface area contributed by atoms with Crippen LogP contribution in [0.25, 0.3) is 0 Å². The van der Waals surface area contributed by atoms with Gasteiger partial charge in [-0.1, -0.05) is 40.9 Å². The number of allylic oxidation sites excluding steroid dienone is 2. The van der Waals surface area contributed by atoms with Crippen LogP contribution in [0.4, 0.5) is 11.4 Å². The lowest BCUT2D eigenvalue weighted by Crippen LogP contribution is -2.43. The van der Waals surface area contributed by atoms with Gasteiger partial charge in [-0.15, -0.1) is 0 Å². The number of hydrogen-bond donors (Lipinski definition) is 1. The lowest BCUT2D eigenvalue weighted by molar-refractivity contribution is -0.126. The van der Waals surface area contributed by atoms with Gasteiger partial charge in [0.05, 0.1) is 42.2 Å². The fraction of sp³-hybridized carbons (Fsp3) is 0.273. The molecule has 43 heavy (non-hydrogen) atoms. The van der Waals surface area contributed by atoms with Crippen LogP contribution in [-0.2, 0) is 19.2 Å². The Morgan fingerprint density at radius 3 is 1.86 bits per heavy atom. The molecule has 6 unspecified atom stereocenters. The quantitative estimate of drug-likeness (QED) is 0.295. The van der Waals surface area contributed by atoms with Crippen molar-refractivity contribution >= 4 is 58.2 Å². The fourth-order valence-corrected chi connectivity index (χ4v) is 7.87. The summed E-state index contributed by atoms with van der Waals surface area (Å²) in [6.07, 6.45) is 2.43. The molecular formula is C33H26Cl2N2O6. The van der Waals surface area contributed by atoms with E-state index < -0.39 is 41.4 Å². The van der Waals surface area contributed by atoms with Crippen molar-refractivity contribution in [1.29, 1.82) is 0 Å². The van der Waals surface area contributed by atoms with E-state index in [2.05, 4.69) is 0 Å². The summed E-state index contributed by atoms with van der Waals surface area (Å²) < 4.78 is 5.65. The molecule has 3 aromatic rings. The number of anilines is 2. The average molecular weight is 617 g/mol. The molecule has 6 atom stereocenters. The number of carbonyl (C=O) groups excluding carboxylic acids is 4. The number of rotatable bonds is 4. The summed E-state index contributed by atoms with van der Waals surface area (Å²) in [4.78, 5) is 58.4. The van der Waals surface area contributed by atoms with E-state index in [-0.39, 0.29) is 36.3 Å². The third kappa shape index (κ3) is 4.11. The zero-order valence-corrected chi connectivity index (χ0v) is 24.5. The number of amides is 4. The molecule has 8 nitrogen and oxygen atoms in total. The first kappa shape index (κ1) is 27.7. The van der Waals surface area contributed by atoms with E-state index in [1.807, 2.05) is 6.08 Å². The highest BCUT2D eigenvalue weighted by molar-refractivity contribution is 6.31. The number of aromatic hydroxyl groups is 1. The van der Waals surface area contributed by atoms with Gasteiger partial charge in [0.25, 0.3) is 0 Å². The second-order valence-corrected chi connectivity index (χ2v) is 12.3. The molecule has 0 aromatic heterocycles. The Bertz CT molecular complexity index is 1720. The zero-order valence-electron chi connectivity index (χ0n) is 22.9. The summed E-state index contributed by atoms with van der Waals surface area (Å²) >= 11 is 12.1. The van der Waals surface area contributed by atoms with Crippen molar-refractivity contribution in [2.24, 2.45) is 29.6 Å². The molecule has 7 rings (SSSR count). The molecule has 2 saturated heterocycles. The number of imide groups is 2. The molecular weight excluding hydrogens is 591 g/mol. The van der Waals surface area contributed by atoms with Crippen LogP contribution in [-0.4, -0.2) is 35.8 Å². The van der Waals surface area contributed by atoms with Gasteiger partial charge in [-0.05, 0) is 79.4 Å². The second-order valence-electron chi connectivity index (χ2n) is 11.4. The van der Waals surface area contributed by atoms with Crippen LogP contribution in [0.5, 0.6) is 11.5 Å². The van der Waals surface area contributed by atoms with Crippen molar-refractivity contribution in [1.82, 2.24) is 0 Å². The van der Waals surface area contributed by atoms with Crippen LogP contribution in [0.15, 0.2) is 78.4 Å². The van der Waals surface area contributed by atoms with Crippen LogP contribution in [0, 0.1) is 29.6 Å². The van der Waals surface area contributed by atoms with E-state index in [0.29, 0.717) is 32.7 Å². The minimum atomic E-state index is -0.844. The first-order valence-electron chi connectivity index (χ1n) is 14.0. The fourth-order valence-electron chi connectivity index (χ4n) is 7.62. The smallest absolute Gasteiger partial charge is 0.238 e. The lowest BCUT2D eigenvalue weighted by atomic mass is 9.57. The van der Waals surface area contributed by atoms with Gasteiger partial charge in [0.1, 0.15) is 11.5 Å². The van der Waals surface area contributed by atoms with Gasteiger partial charge < -0.3 is 9.84 Å². The van der Waals surface area contributed by atoms with Gasteiger partial charge in [-0.25, -0.2) is 0 Å².